The van der Waals surface area contributed by atoms with Gasteiger partial charge in [0.15, 0.2) is 6.61 Å². The summed E-state index contributed by atoms with van der Waals surface area (Å²) in [5, 5.41) is 0.256. The summed E-state index contributed by atoms with van der Waals surface area (Å²) >= 11 is 6.15. The van der Waals surface area contributed by atoms with Gasteiger partial charge in [0.1, 0.15) is 0 Å². The number of nitrogens with zero attached hydrogens (tertiary/aromatic N) is 1. The Kier molecular flexibility index (Phi) is 5.63. The molecular formula is C25H18ClNO5. The number of fused-ring (bicyclic) bond motifs is 1. The van der Waals surface area contributed by atoms with E-state index in [2.05, 4.69) is 0 Å². The van der Waals surface area contributed by atoms with Crippen molar-refractivity contribution in [1.82, 2.24) is 0 Å². The molecule has 0 aromatic heterocycles. The Hall–Kier alpha value is -3.77. The molecule has 32 heavy (non-hydrogen) atoms. The van der Waals surface area contributed by atoms with Crippen LogP contribution < -0.4 is 4.90 Å². The van der Waals surface area contributed by atoms with Crippen molar-refractivity contribution in [3.63, 3.8) is 0 Å². The van der Waals surface area contributed by atoms with Gasteiger partial charge in [0, 0.05) is 5.56 Å². The monoisotopic (exact) mass is 447 g/mol. The zero-order valence-corrected chi connectivity index (χ0v) is 18.1. The van der Waals surface area contributed by atoms with Crippen molar-refractivity contribution in [2.75, 3.05) is 11.5 Å². The third kappa shape index (κ3) is 3.81. The minimum Gasteiger partial charge on any atom is -0.454 e. The van der Waals surface area contributed by atoms with Crippen molar-refractivity contribution in [2.45, 2.75) is 13.8 Å². The maximum atomic E-state index is 12.9. The Bertz CT molecular complexity index is 1300. The maximum Gasteiger partial charge on any atom is 0.338 e. The Balaban J connectivity index is 1.53. The van der Waals surface area contributed by atoms with Crippen molar-refractivity contribution in [2.24, 2.45) is 0 Å². The predicted octanol–water partition coefficient (Wildman–Crippen LogP) is 4.80. The Morgan fingerprint density at radius 3 is 2.38 bits per heavy atom. The van der Waals surface area contributed by atoms with E-state index in [1.54, 1.807) is 30.3 Å². The molecule has 1 aliphatic rings. The molecule has 3 aromatic rings. The number of Topliss-reactive ketones (excluding diaryl/α,β-unsaturated/α-hetero) is 1. The van der Waals surface area contributed by atoms with E-state index in [9.17, 15) is 19.2 Å². The summed E-state index contributed by atoms with van der Waals surface area (Å²) in [6.45, 7) is 3.25. The molecule has 0 saturated carbocycles. The molecule has 0 N–H and O–H groups in total. The van der Waals surface area contributed by atoms with Gasteiger partial charge < -0.3 is 4.74 Å². The predicted molar refractivity (Wildman–Crippen MR) is 120 cm³/mol. The van der Waals surface area contributed by atoms with Crippen LogP contribution in [0.4, 0.5) is 5.69 Å². The summed E-state index contributed by atoms with van der Waals surface area (Å²) in [6.07, 6.45) is 0. The highest BCUT2D eigenvalue weighted by Gasteiger charge is 2.38. The normalized spacial score (nSPS) is 12.7. The molecule has 1 heterocycles. The zero-order chi connectivity index (χ0) is 23.0. The molecule has 0 saturated heterocycles. The van der Waals surface area contributed by atoms with Crippen LogP contribution in [0, 0.1) is 13.8 Å². The van der Waals surface area contributed by atoms with Crippen LogP contribution in [-0.2, 0) is 4.74 Å². The molecule has 0 bridgehead atoms. The highest BCUT2D eigenvalue weighted by Crippen LogP contribution is 2.33. The lowest BCUT2D eigenvalue weighted by molar-refractivity contribution is 0.0474. The van der Waals surface area contributed by atoms with E-state index in [0.29, 0.717) is 5.56 Å². The van der Waals surface area contributed by atoms with Gasteiger partial charge in [-0.2, -0.15) is 0 Å². The van der Waals surface area contributed by atoms with Gasteiger partial charge >= 0.3 is 5.97 Å². The second kappa shape index (κ2) is 8.40. The van der Waals surface area contributed by atoms with Crippen molar-refractivity contribution >= 4 is 40.9 Å². The molecule has 1 aliphatic heterocycles. The standard InChI is InChI=1S/C25H18ClNO5/c1-14-7-8-15(2)18(11-14)22(28)13-32-25(31)16-9-10-17-19(12-16)24(30)27(23(17)29)21-6-4-3-5-20(21)26/h3-12H,13H2,1-2H3. The first-order valence-electron chi connectivity index (χ1n) is 9.83. The topological polar surface area (TPSA) is 80.8 Å². The lowest BCUT2D eigenvalue weighted by atomic mass is 10.0. The number of para-hydroxylation sites is 1. The van der Waals surface area contributed by atoms with Crippen LogP contribution in [0.15, 0.2) is 60.7 Å². The van der Waals surface area contributed by atoms with Crippen LogP contribution in [0.2, 0.25) is 5.02 Å². The number of carbonyl (C=O) groups excluding carboxylic acids is 4. The number of imide groups is 1. The molecule has 0 unspecified atom stereocenters. The van der Waals surface area contributed by atoms with Crippen LogP contribution in [0.1, 0.15) is 52.6 Å². The smallest absolute Gasteiger partial charge is 0.338 e. The number of benzene rings is 3. The highest BCUT2D eigenvalue weighted by atomic mass is 35.5. The van der Waals surface area contributed by atoms with E-state index in [1.807, 2.05) is 26.0 Å². The second-order valence-corrected chi connectivity index (χ2v) is 7.88. The van der Waals surface area contributed by atoms with Gasteiger partial charge in [-0.3, -0.25) is 14.4 Å². The van der Waals surface area contributed by atoms with E-state index < -0.39 is 24.4 Å². The van der Waals surface area contributed by atoms with E-state index >= 15 is 0 Å². The molecule has 160 valence electrons. The molecule has 0 spiro atoms. The van der Waals surface area contributed by atoms with Gasteiger partial charge in [-0.05, 0) is 55.8 Å². The fourth-order valence-electron chi connectivity index (χ4n) is 3.55. The van der Waals surface area contributed by atoms with Crippen LogP contribution in [0.25, 0.3) is 0 Å². The number of anilines is 1. The molecule has 0 radical (unpaired) electrons. The molecular weight excluding hydrogens is 430 g/mol. The van der Waals surface area contributed by atoms with Gasteiger partial charge in [0.2, 0.25) is 5.78 Å². The van der Waals surface area contributed by atoms with Crippen LogP contribution in [0.5, 0.6) is 0 Å². The van der Waals surface area contributed by atoms with E-state index in [-0.39, 0.29) is 33.2 Å². The highest BCUT2D eigenvalue weighted by molar-refractivity contribution is 6.39. The zero-order valence-electron chi connectivity index (χ0n) is 17.3. The van der Waals surface area contributed by atoms with Crippen LogP contribution in [-0.4, -0.2) is 30.2 Å². The number of hydrogen-bond donors (Lipinski definition) is 0. The van der Waals surface area contributed by atoms with E-state index in [0.717, 1.165) is 16.0 Å². The summed E-state index contributed by atoms with van der Waals surface area (Å²) in [5.41, 5.74) is 2.78. The SMILES string of the molecule is Cc1ccc(C)c(C(=O)COC(=O)c2ccc3c(c2)C(=O)N(c2ccccc2Cl)C3=O)c1. The number of carbonyl (C=O) groups is 4. The van der Waals surface area contributed by atoms with Crippen molar-refractivity contribution in [1.29, 1.82) is 0 Å². The van der Waals surface area contributed by atoms with Crippen LogP contribution >= 0.6 is 11.6 Å². The number of esters is 1. The van der Waals surface area contributed by atoms with Crippen LogP contribution in [0.3, 0.4) is 0 Å². The summed E-state index contributed by atoms with van der Waals surface area (Å²) in [5.74, 6) is -2.19. The quantitative estimate of drug-likeness (QED) is 0.319. The summed E-state index contributed by atoms with van der Waals surface area (Å²) in [6, 6.07) is 16.1. The average molecular weight is 448 g/mol. The molecule has 4 rings (SSSR count). The minimum absolute atomic E-state index is 0.0691. The first-order valence-corrected chi connectivity index (χ1v) is 10.2. The van der Waals surface area contributed by atoms with Crippen molar-refractivity contribution in [3.05, 3.63) is 99.1 Å². The van der Waals surface area contributed by atoms with Gasteiger partial charge in [0.25, 0.3) is 11.8 Å². The first-order chi connectivity index (χ1) is 15.3. The molecule has 2 amide bonds. The lowest BCUT2D eigenvalue weighted by Gasteiger charge is -2.15. The largest absolute Gasteiger partial charge is 0.454 e. The molecule has 6 nitrogen and oxygen atoms in total. The number of hydrogen-bond acceptors (Lipinski definition) is 5. The van der Waals surface area contributed by atoms with Gasteiger partial charge in [-0.25, -0.2) is 9.69 Å². The molecule has 0 aliphatic carbocycles. The fourth-order valence-corrected chi connectivity index (χ4v) is 3.77. The fraction of sp³-hybridized carbons (Fsp3) is 0.120. The van der Waals surface area contributed by atoms with Crippen molar-refractivity contribution in [3.8, 4) is 0 Å². The molecule has 7 heteroatoms. The van der Waals surface area contributed by atoms with E-state index in [1.165, 1.54) is 18.2 Å². The average Bonchev–Trinajstić information content (AvgIpc) is 3.03. The summed E-state index contributed by atoms with van der Waals surface area (Å²) in [7, 11) is 0. The van der Waals surface area contributed by atoms with E-state index in [4.69, 9.17) is 16.3 Å². The maximum absolute atomic E-state index is 12.9. The number of ketones is 1. The summed E-state index contributed by atoms with van der Waals surface area (Å²) < 4.78 is 5.17. The summed E-state index contributed by atoms with van der Waals surface area (Å²) in [4.78, 5) is 51.6. The lowest BCUT2D eigenvalue weighted by Crippen LogP contribution is -2.29. The Labute approximate surface area is 189 Å². The molecule has 0 fully saturated rings. The number of ether oxygens (including phenoxy) is 1. The first kappa shape index (κ1) is 21.5. The van der Waals surface area contributed by atoms with Crippen molar-refractivity contribution < 1.29 is 23.9 Å². The van der Waals surface area contributed by atoms with Gasteiger partial charge in [-0.1, -0.05) is 41.4 Å². The number of amides is 2. The Morgan fingerprint density at radius 2 is 1.62 bits per heavy atom. The number of rotatable bonds is 5. The number of halogens is 1. The molecule has 3 aromatic carbocycles. The van der Waals surface area contributed by atoms with Gasteiger partial charge in [-0.15, -0.1) is 0 Å². The second-order valence-electron chi connectivity index (χ2n) is 7.48. The third-order valence-corrected chi connectivity index (χ3v) is 5.56. The Morgan fingerprint density at radius 1 is 0.906 bits per heavy atom. The van der Waals surface area contributed by atoms with Gasteiger partial charge in [0.05, 0.1) is 27.4 Å². The minimum atomic E-state index is -0.761. The molecule has 0 atom stereocenters. The third-order valence-electron chi connectivity index (χ3n) is 5.24. The number of aryl methyl sites for hydroxylation is 2.